The maximum atomic E-state index is 9.67. The highest BCUT2D eigenvalue weighted by Crippen LogP contribution is 2.17. The zero-order valence-corrected chi connectivity index (χ0v) is 8.56. The number of aliphatic hydroxyl groups is 1. The fourth-order valence-corrected chi connectivity index (χ4v) is 1.09. The largest absolute Gasteiger partial charge is 0.481 e. The van der Waals surface area contributed by atoms with Crippen LogP contribution in [-0.4, -0.2) is 28.2 Å². The van der Waals surface area contributed by atoms with Gasteiger partial charge < -0.3 is 15.6 Å². The van der Waals surface area contributed by atoms with E-state index in [-0.39, 0.29) is 6.04 Å². The average molecular weight is 197 g/mol. The van der Waals surface area contributed by atoms with Crippen molar-refractivity contribution in [3.63, 3.8) is 0 Å². The van der Waals surface area contributed by atoms with Gasteiger partial charge in [-0.2, -0.15) is 4.98 Å². The average Bonchev–Trinajstić information content (AvgIpc) is 2.15. The van der Waals surface area contributed by atoms with Crippen molar-refractivity contribution >= 4 is 0 Å². The summed E-state index contributed by atoms with van der Waals surface area (Å²) in [5.41, 5.74) is 6.05. The third kappa shape index (κ3) is 2.40. The standard InChI is InChI=1S/C9H15N3O2/c1-5(10)9(13)7-4-8(14-3)12-6(2)11-7/h4-5,9,13H,10H2,1-3H3. The van der Waals surface area contributed by atoms with Crippen molar-refractivity contribution in [3.8, 4) is 5.88 Å². The number of aromatic nitrogens is 2. The number of hydrogen-bond acceptors (Lipinski definition) is 5. The third-order valence-electron chi connectivity index (χ3n) is 1.84. The molecule has 0 aromatic carbocycles. The van der Waals surface area contributed by atoms with Gasteiger partial charge in [-0.3, -0.25) is 0 Å². The van der Waals surface area contributed by atoms with Crippen LogP contribution >= 0.6 is 0 Å². The molecule has 0 spiro atoms. The summed E-state index contributed by atoms with van der Waals surface area (Å²) in [6.07, 6.45) is -0.786. The van der Waals surface area contributed by atoms with Gasteiger partial charge in [-0.15, -0.1) is 0 Å². The molecule has 0 saturated heterocycles. The Balaban J connectivity index is 3.02. The Hall–Kier alpha value is -1.20. The van der Waals surface area contributed by atoms with Gasteiger partial charge in [0.2, 0.25) is 5.88 Å². The lowest BCUT2D eigenvalue weighted by Gasteiger charge is -2.14. The second-order valence-electron chi connectivity index (χ2n) is 3.19. The van der Waals surface area contributed by atoms with Gasteiger partial charge in [-0.1, -0.05) is 0 Å². The lowest BCUT2D eigenvalue weighted by Crippen LogP contribution is -2.25. The minimum Gasteiger partial charge on any atom is -0.481 e. The molecule has 2 unspecified atom stereocenters. The summed E-state index contributed by atoms with van der Waals surface area (Å²) >= 11 is 0. The van der Waals surface area contributed by atoms with E-state index in [1.807, 2.05) is 0 Å². The number of nitrogens with two attached hydrogens (primary N) is 1. The second-order valence-corrected chi connectivity index (χ2v) is 3.19. The zero-order chi connectivity index (χ0) is 10.7. The molecule has 2 atom stereocenters. The highest BCUT2D eigenvalue weighted by Gasteiger charge is 2.15. The van der Waals surface area contributed by atoms with E-state index in [0.29, 0.717) is 17.4 Å². The van der Waals surface area contributed by atoms with Crippen LogP contribution in [0.4, 0.5) is 0 Å². The molecule has 5 nitrogen and oxygen atoms in total. The van der Waals surface area contributed by atoms with Crippen molar-refractivity contribution in [2.24, 2.45) is 5.73 Å². The third-order valence-corrected chi connectivity index (χ3v) is 1.84. The number of hydrogen-bond donors (Lipinski definition) is 2. The van der Waals surface area contributed by atoms with Crippen LogP contribution in [0.1, 0.15) is 24.5 Å². The lowest BCUT2D eigenvalue weighted by molar-refractivity contribution is 0.148. The molecule has 0 aliphatic rings. The first kappa shape index (κ1) is 10.9. The SMILES string of the molecule is COc1cc(C(O)C(C)N)nc(C)n1. The van der Waals surface area contributed by atoms with Crippen molar-refractivity contribution in [2.45, 2.75) is 26.0 Å². The molecule has 5 heteroatoms. The van der Waals surface area contributed by atoms with Gasteiger partial charge in [0.15, 0.2) is 0 Å². The van der Waals surface area contributed by atoms with E-state index < -0.39 is 6.10 Å². The predicted octanol–water partition coefficient (Wildman–Crippen LogP) is 0.174. The molecule has 1 heterocycles. The van der Waals surface area contributed by atoms with Crippen LogP contribution in [0.2, 0.25) is 0 Å². The van der Waals surface area contributed by atoms with Crippen LogP contribution in [0.25, 0.3) is 0 Å². The second kappa shape index (κ2) is 4.34. The number of nitrogens with zero attached hydrogens (tertiary/aromatic N) is 2. The molecule has 0 fully saturated rings. The molecule has 0 saturated carbocycles. The summed E-state index contributed by atoms with van der Waals surface area (Å²) < 4.78 is 4.96. The van der Waals surface area contributed by atoms with Gasteiger partial charge in [0.1, 0.15) is 11.9 Å². The van der Waals surface area contributed by atoms with E-state index >= 15 is 0 Å². The molecule has 0 aliphatic carbocycles. The predicted molar refractivity (Wildman–Crippen MR) is 51.9 cm³/mol. The van der Waals surface area contributed by atoms with Crippen LogP contribution in [0, 0.1) is 6.92 Å². The van der Waals surface area contributed by atoms with E-state index in [9.17, 15) is 5.11 Å². The van der Waals surface area contributed by atoms with Gasteiger partial charge in [-0.25, -0.2) is 4.98 Å². The van der Waals surface area contributed by atoms with Crippen LogP contribution in [0.3, 0.4) is 0 Å². The van der Waals surface area contributed by atoms with E-state index in [2.05, 4.69) is 9.97 Å². The van der Waals surface area contributed by atoms with Gasteiger partial charge in [0.25, 0.3) is 0 Å². The summed E-state index contributed by atoms with van der Waals surface area (Å²) in [4.78, 5) is 8.09. The highest BCUT2D eigenvalue weighted by atomic mass is 16.5. The Morgan fingerprint density at radius 2 is 2.14 bits per heavy atom. The molecule has 0 amide bonds. The first-order valence-electron chi connectivity index (χ1n) is 4.38. The van der Waals surface area contributed by atoms with Gasteiger partial charge in [0, 0.05) is 12.1 Å². The molecule has 3 N–H and O–H groups in total. The van der Waals surface area contributed by atoms with E-state index in [1.54, 1.807) is 19.9 Å². The molecule has 0 radical (unpaired) electrons. The van der Waals surface area contributed by atoms with Crippen molar-refractivity contribution in [1.29, 1.82) is 0 Å². The first-order chi connectivity index (χ1) is 6.54. The maximum Gasteiger partial charge on any atom is 0.216 e. The van der Waals surface area contributed by atoms with Gasteiger partial charge in [-0.05, 0) is 13.8 Å². The van der Waals surface area contributed by atoms with E-state index in [1.165, 1.54) is 7.11 Å². The van der Waals surface area contributed by atoms with Crippen LogP contribution in [0.15, 0.2) is 6.07 Å². The van der Waals surface area contributed by atoms with E-state index in [4.69, 9.17) is 10.5 Å². The molecule has 1 rings (SSSR count). The molecule has 78 valence electrons. The Morgan fingerprint density at radius 1 is 1.50 bits per heavy atom. The lowest BCUT2D eigenvalue weighted by atomic mass is 10.1. The molecular weight excluding hydrogens is 182 g/mol. The van der Waals surface area contributed by atoms with Crippen LogP contribution in [0.5, 0.6) is 5.88 Å². The molecule has 1 aromatic rings. The van der Waals surface area contributed by atoms with Crippen LogP contribution in [-0.2, 0) is 0 Å². The molecular formula is C9H15N3O2. The summed E-state index contributed by atoms with van der Waals surface area (Å²) in [5.74, 6) is 0.992. The molecule has 1 aromatic heterocycles. The van der Waals surface area contributed by atoms with E-state index in [0.717, 1.165) is 0 Å². The number of methoxy groups -OCH3 is 1. The van der Waals surface area contributed by atoms with Gasteiger partial charge in [0.05, 0.1) is 12.8 Å². The van der Waals surface area contributed by atoms with Crippen molar-refractivity contribution in [1.82, 2.24) is 9.97 Å². The van der Waals surface area contributed by atoms with Crippen molar-refractivity contribution < 1.29 is 9.84 Å². The first-order valence-corrected chi connectivity index (χ1v) is 4.38. The number of ether oxygens (including phenoxy) is 1. The quantitative estimate of drug-likeness (QED) is 0.722. The fraction of sp³-hybridized carbons (Fsp3) is 0.556. The maximum absolute atomic E-state index is 9.67. The number of rotatable bonds is 3. The van der Waals surface area contributed by atoms with Crippen molar-refractivity contribution in [3.05, 3.63) is 17.6 Å². The summed E-state index contributed by atoms with van der Waals surface area (Å²) in [6.45, 7) is 3.45. The van der Waals surface area contributed by atoms with Gasteiger partial charge >= 0.3 is 0 Å². The Bertz CT molecular complexity index is 315. The summed E-state index contributed by atoms with van der Waals surface area (Å²) in [6, 6.07) is 1.22. The number of aryl methyl sites for hydroxylation is 1. The highest BCUT2D eigenvalue weighted by molar-refractivity contribution is 5.18. The van der Waals surface area contributed by atoms with Crippen LogP contribution < -0.4 is 10.5 Å². The molecule has 0 bridgehead atoms. The van der Waals surface area contributed by atoms with Crippen molar-refractivity contribution in [2.75, 3.05) is 7.11 Å². The normalized spacial score (nSPS) is 14.9. The topological polar surface area (TPSA) is 81.3 Å². The Labute approximate surface area is 82.9 Å². The Kier molecular flexibility index (Phi) is 3.38. The molecule has 0 aliphatic heterocycles. The smallest absolute Gasteiger partial charge is 0.216 e. The summed E-state index contributed by atoms with van der Waals surface area (Å²) in [7, 11) is 1.52. The molecule has 14 heavy (non-hydrogen) atoms. The monoisotopic (exact) mass is 197 g/mol. The summed E-state index contributed by atoms with van der Waals surface area (Å²) in [5, 5.41) is 9.67. The zero-order valence-electron chi connectivity index (χ0n) is 8.56. The minimum atomic E-state index is -0.786. The fourth-order valence-electron chi connectivity index (χ4n) is 1.09. The number of aliphatic hydroxyl groups excluding tert-OH is 1. The Morgan fingerprint density at radius 3 is 2.64 bits per heavy atom. The minimum absolute atomic E-state index is 0.367.